The normalized spacial score (nSPS) is 27.0. The number of aliphatic imine (C=N–C) groups is 1. The number of hydrogen-bond acceptors (Lipinski definition) is 3. The molecule has 3 saturated heterocycles. The van der Waals surface area contributed by atoms with Crippen molar-refractivity contribution in [3.05, 3.63) is 35.9 Å². The molecule has 3 aliphatic heterocycles. The van der Waals surface area contributed by atoms with Gasteiger partial charge in [-0.3, -0.25) is 14.8 Å². The third-order valence-electron chi connectivity index (χ3n) is 4.90. The van der Waals surface area contributed by atoms with E-state index >= 15 is 0 Å². The summed E-state index contributed by atoms with van der Waals surface area (Å²) >= 11 is 0. The molecule has 4 rings (SSSR count). The van der Waals surface area contributed by atoms with Crippen LogP contribution in [-0.4, -0.2) is 74.7 Å². The smallest absolute Gasteiger partial charge is 0.191 e. The molecule has 3 heterocycles. The highest BCUT2D eigenvalue weighted by atomic mass is 15.4. The molecule has 126 valence electrons. The first kappa shape index (κ1) is 16.3. The minimum Gasteiger partial charge on any atom is -0.356 e. The van der Waals surface area contributed by atoms with E-state index < -0.39 is 0 Å². The molecule has 3 fully saturated rings. The Labute approximate surface area is 139 Å². The van der Waals surface area contributed by atoms with Gasteiger partial charge in [-0.2, -0.15) is 0 Å². The molecule has 5 heteroatoms. The van der Waals surface area contributed by atoms with Gasteiger partial charge in [0.15, 0.2) is 5.96 Å². The van der Waals surface area contributed by atoms with Crippen LogP contribution in [0.3, 0.4) is 0 Å². The van der Waals surface area contributed by atoms with E-state index in [1.807, 2.05) is 7.05 Å². The number of benzene rings is 1. The van der Waals surface area contributed by atoms with Crippen LogP contribution in [0.5, 0.6) is 0 Å². The van der Waals surface area contributed by atoms with E-state index in [0.717, 1.165) is 31.9 Å². The number of nitrogens with zero attached hydrogens (tertiary/aromatic N) is 3. The van der Waals surface area contributed by atoms with Gasteiger partial charge in [0.25, 0.3) is 0 Å². The minimum atomic E-state index is 0.625. The summed E-state index contributed by atoms with van der Waals surface area (Å²) in [5.41, 5.74) is 1.40. The van der Waals surface area contributed by atoms with Crippen LogP contribution >= 0.6 is 0 Å². The molecular weight excluding hydrogens is 286 g/mol. The van der Waals surface area contributed by atoms with E-state index in [2.05, 4.69) is 55.8 Å². The van der Waals surface area contributed by atoms with Crippen LogP contribution in [0.4, 0.5) is 0 Å². The average molecular weight is 315 g/mol. The van der Waals surface area contributed by atoms with E-state index in [1.165, 1.54) is 38.3 Å². The van der Waals surface area contributed by atoms with Gasteiger partial charge >= 0.3 is 0 Å². The lowest BCUT2D eigenvalue weighted by Crippen LogP contribution is -2.63. The lowest BCUT2D eigenvalue weighted by molar-refractivity contribution is 0.0154. The molecule has 0 amide bonds. The van der Waals surface area contributed by atoms with E-state index in [1.54, 1.807) is 0 Å². The van der Waals surface area contributed by atoms with E-state index in [0.29, 0.717) is 6.04 Å². The molecule has 3 aliphatic rings. The van der Waals surface area contributed by atoms with Gasteiger partial charge < -0.3 is 10.6 Å². The van der Waals surface area contributed by atoms with Crippen molar-refractivity contribution in [3.8, 4) is 0 Å². The maximum Gasteiger partial charge on any atom is 0.191 e. The van der Waals surface area contributed by atoms with Crippen LogP contribution in [0.25, 0.3) is 0 Å². The Hall–Kier alpha value is -1.59. The van der Waals surface area contributed by atoms with Crippen LogP contribution in [0.15, 0.2) is 35.3 Å². The molecule has 5 nitrogen and oxygen atoms in total. The molecule has 0 aliphatic carbocycles. The summed E-state index contributed by atoms with van der Waals surface area (Å²) < 4.78 is 0. The average Bonchev–Trinajstić information content (AvgIpc) is 2.63. The Morgan fingerprint density at radius 1 is 1.13 bits per heavy atom. The maximum atomic E-state index is 4.34. The first-order valence-electron chi connectivity index (χ1n) is 8.80. The van der Waals surface area contributed by atoms with Crippen molar-refractivity contribution in [1.82, 2.24) is 20.4 Å². The third kappa shape index (κ3) is 4.69. The first-order chi connectivity index (χ1) is 11.3. The number of rotatable bonds is 6. The number of piperazine rings is 3. The van der Waals surface area contributed by atoms with Crippen molar-refractivity contribution in [2.75, 3.05) is 52.9 Å². The summed E-state index contributed by atoms with van der Waals surface area (Å²) in [4.78, 5) is 9.52. The number of guanidine groups is 1. The van der Waals surface area contributed by atoms with Crippen LogP contribution in [0.2, 0.25) is 0 Å². The largest absolute Gasteiger partial charge is 0.356 e. The highest BCUT2D eigenvalue weighted by Gasteiger charge is 2.31. The van der Waals surface area contributed by atoms with Gasteiger partial charge in [-0.05, 0) is 18.4 Å². The molecule has 1 aromatic carbocycles. The Kier molecular flexibility index (Phi) is 5.88. The van der Waals surface area contributed by atoms with Crippen LogP contribution in [0.1, 0.15) is 12.0 Å². The molecular formula is C18H29N5. The standard InChI is InChI=1S/C18H29N5/c1-19-18(20-9-5-8-16-6-3-2-4-7-16)21-14-17-15-22-10-12-23(17)13-11-22/h2-4,6-7,17H,5,8-15H2,1H3,(H2,19,20,21). The monoisotopic (exact) mass is 315 g/mol. The summed E-state index contributed by atoms with van der Waals surface area (Å²) in [6.45, 7) is 8.04. The second-order valence-electron chi connectivity index (χ2n) is 6.46. The zero-order valence-electron chi connectivity index (χ0n) is 14.2. The molecule has 1 aromatic rings. The van der Waals surface area contributed by atoms with Gasteiger partial charge in [-0.15, -0.1) is 0 Å². The van der Waals surface area contributed by atoms with Crippen molar-refractivity contribution in [2.45, 2.75) is 18.9 Å². The Morgan fingerprint density at radius 3 is 2.57 bits per heavy atom. The SMILES string of the molecule is CN=C(NCCCc1ccccc1)NCC1CN2CCN1CC2. The second kappa shape index (κ2) is 8.31. The Balaban J connectivity index is 1.34. The van der Waals surface area contributed by atoms with Crippen molar-refractivity contribution in [3.63, 3.8) is 0 Å². The summed E-state index contributed by atoms with van der Waals surface area (Å²) in [6.07, 6.45) is 2.23. The van der Waals surface area contributed by atoms with E-state index in [9.17, 15) is 0 Å². The summed E-state index contributed by atoms with van der Waals surface area (Å²) in [5, 5.41) is 6.92. The van der Waals surface area contributed by atoms with Crippen LogP contribution < -0.4 is 10.6 Å². The zero-order valence-corrected chi connectivity index (χ0v) is 14.2. The Bertz CT molecular complexity index is 493. The molecule has 0 spiro atoms. The van der Waals surface area contributed by atoms with Gasteiger partial charge in [0.05, 0.1) is 0 Å². The highest BCUT2D eigenvalue weighted by Crippen LogP contribution is 2.14. The fraction of sp³-hybridized carbons (Fsp3) is 0.611. The molecule has 0 aromatic heterocycles. The minimum absolute atomic E-state index is 0.625. The number of aryl methyl sites for hydroxylation is 1. The van der Waals surface area contributed by atoms with Gasteiger partial charge in [0.2, 0.25) is 0 Å². The van der Waals surface area contributed by atoms with Crippen molar-refractivity contribution in [1.29, 1.82) is 0 Å². The topological polar surface area (TPSA) is 42.9 Å². The maximum absolute atomic E-state index is 4.34. The van der Waals surface area contributed by atoms with E-state index in [4.69, 9.17) is 0 Å². The van der Waals surface area contributed by atoms with Gasteiger partial charge in [0.1, 0.15) is 0 Å². The highest BCUT2D eigenvalue weighted by molar-refractivity contribution is 5.79. The third-order valence-corrected chi connectivity index (χ3v) is 4.90. The van der Waals surface area contributed by atoms with Gasteiger partial charge in [-0.25, -0.2) is 0 Å². The summed E-state index contributed by atoms with van der Waals surface area (Å²) in [5.74, 6) is 0.927. The van der Waals surface area contributed by atoms with E-state index in [-0.39, 0.29) is 0 Å². The van der Waals surface area contributed by atoms with Crippen molar-refractivity contribution < 1.29 is 0 Å². The molecule has 23 heavy (non-hydrogen) atoms. The molecule has 1 unspecified atom stereocenters. The Morgan fingerprint density at radius 2 is 1.91 bits per heavy atom. The molecule has 2 N–H and O–H groups in total. The molecule has 0 radical (unpaired) electrons. The van der Waals surface area contributed by atoms with Crippen molar-refractivity contribution >= 4 is 5.96 Å². The number of nitrogens with one attached hydrogen (secondary N) is 2. The van der Waals surface area contributed by atoms with Gasteiger partial charge in [-0.1, -0.05) is 30.3 Å². The molecule has 0 saturated carbocycles. The van der Waals surface area contributed by atoms with Crippen LogP contribution in [-0.2, 0) is 6.42 Å². The number of fused-ring (bicyclic) bond motifs is 3. The summed E-state index contributed by atoms with van der Waals surface area (Å²) in [6, 6.07) is 11.3. The lowest BCUT2D eigenvalue weighted by Gasteiger charge is -2.47. The predicted molar refractivity (Wildman–Crippen MR) is 95.9 cm³/mol. The quantitative estimate of drug-likeness (QED) is 0.463. The first-order valence-corrected chi connectivity index (χ1v) is 8.80. The zero-order chi connectivity index (χ0) is 15.9. The number of hydrogen-bond donors (Lipinski definition) is 2. The van der Waals surface area contributed by atoms with Crippen molar-refractivity contribution in [2.24, 2.45) is 4.99 Å². The molecule has 2 bridgehead atoms. The lowest BCUT2D eigenvalue weighted by atomic mass is 10.1. The van der Waals surface area contributed by atoms with Gasteiger partial charge in [0, 0.05) is 58.9 Å². The fourth-order valence-electron chi connectivity index (χ4n) is 3.50. The van der Waals surface area contributed by atoms with Crippen LogP contribution in [0, 0.1) is 0 Å². The second-order valence-corrected chi connectivity index (χ2v) is 6.46. The molecule has 1 atom stereocenters. The summed E-state index contributed by atoms with van der Waals surface area (Å²) in [7, 11) is 1.85. The fourth-order valence-corrected chi connectivity index (χ4v) is 3.50. The predicted octanol–water partition coefficient (Wildman–Crippen LogP) is 0.784.